The Morgan fingerprint density at radius 2 is 1.50 bits per heavy atom. The van der Waals surface area contributed by atoms with Gasteiger partial charge in [0.2, 0.25) is 21.8 Å². The molecular formula is C30H37N3O4S. The van der Waals surface area contributed by atoms with Crippen molar-refractivity contribution in [2.24, 2.45) is 0 Å². The van der Waals surface area contributed by atoms with Crippen molar-refractivity contribution in [1.29, 1.82) is 0 Å². The van der Waals surface area contributed by atoms with Gasteiger partial charge in [0, 0.05) is 19.0 Å². The Morgan fingerprint density at radius 1 is 0.868 bits per heavy atom. The summed E-state index contributed by atoms with van der Waals surface area (Å²) in [5, 5.41) is 2.96. The van der Waals surface area contributed by atoms with Crippen molar-refractivity contribution in [3.05, 3.63) is 101 Å². The number of benzene rings is 3. The number of para-hydroxylation sites is 1. The highest BCUT2D eigenvalue weighted by atomic mass is 32.2. The highest BCUT2D eigenvalue weighted by Gasteiger charge is 2.33. The molecule has 38 heavy (non-hydrogen) atoms. The molecule has 0 aliphatic heterocycles. The lowest BCUT2D eigenvalue weighted by molar-refractivity contribution is -0.140. The zero-order chi connectivity index (χ0) is 27.9. The van der Waals surface area contributed by atoms with Gasteiger partial charge in [-0.15, -0.1) is 0 Å². The fourth-order valence-corrected chi connectivity index (χ4v) is 5.29. The summed E-state index contributed by atoms with van der Waals surface area (Å²) >= 11 is 0. The van der Waals surface area contributed by atoms with Crippen LogP contribution in [0.15, 0.2) is 78.9 Å². The average Bonchev–Trinajstić information content (AvgIpc) is 2.84. The van der Waals surface area contributed by atoms with Gasteiger partial charge in [-0.05, 0) is 50.5 Å². The number of aryl methyl sites for hydroxylation is 2. The quantitative estimate of drug-likeness (QED) is 0.398. The molecule has 1 N–H and O–H groups in total. The third-order valence-corrected chi connectivity index (χ3v) is 7.33. The number of sulfonamides is 1. The summed E-state index contributed by atoms with van der Waals surface area (Å²) in [4.78, 5) is 29.1. The van der Waals surface area contributed by atoms with Gasteiger partial charge in [-0.3, -0.25) is 13.9 Å². The van der Waals surface area contributed by atoms with E-state index >= 15 is 0 Å². The average molecular weight is 536 g/mol. The summed E-state index contributed by atoms with van der Waals surface area (Å²) in [7, 11) is -3.79. The number of nitrogens with one attached hydrogen (secondary N) is 1. The SMILES string of the molecule is Cc1cccc(CN(C(=O)CN(c2ccccc2C)S(C)(=O)=O)[C@H](Cc2ccccc2)C(=O)NC(C)C)c1. The molecule has 0 heterocycles. The Morgan fingerprint density at radius 3 is 2.11 bits per heavy atom. The second-order valence-corrected chi connectivity index (χ2v) is 11.8. The van der Waals surface area contributed by atoms with Crippen molar-refractivity contribution in [2.45, 2.75) is 52.7 Å². The first-order valence-electron chi connectivity index (χ1n) is 12.7. The Kier molecular flexibility index (Phi) is 9.69. The molecule has 0 fully saturated rings. The van der Waals surface area contributed by atoms with Crippen LogP contribution in [0.3, 0.4) is 0 Å². The van der Waals surface area contributed by atoms with E-state index in [1.807, 2.05) is 81.4 Å². The van der Waals surface area contributed by atoms with Gasteiger partial charge in [0.25, 0.3) is 0 Å². The first-order valence-corrected chi connectivity index (χ1v) is 14.5. The van der Waals surface area contributed by atoms with Gasteiger partial charge < -0.3 is 10.2 Å². The van der Waals surface area contributed by atoms with Crippen molar-refractivity contribution in [3.8, 4) is 0 Å². The van der Waals surface area contributed by atoms with Crippen molar-refractivity contribution >= 4 is 27.5 Å². The van der Waals surface area contributed by atoms with Gasteiger partial charge in [-0.1, -0.05) is 78.4 Å². The summed E-state index contributed by atoms with van der Waals surface area (Å²) in [5.41, 5.74) is 3.95. The summed E-state index contributed by atoms with van der Waals surface area (Å²) in [6.45, 7) is 7.25. The Bertz CT molecular complexity index is 1360. The third-order valence-electron chi connectivity index (χ3n) is 6.20. The van der Waals surface area contributed by atoms with Crippen molar-refractivity contribution in [2.75, 3.05) is 17.1 Å². The summed E-state index contributed by atoms with van der Waals surface area (Å²) in [5.74, 6) is -0.744. The standard InChI is InChI=1S/C30H37N3O4S/c1-22(2)31-30(35)28(19-25-14-7-6-8-15-25)32(20-26-16-11-12-23(3)18-26)29(34)21-33(38(5,36)37)27-17-10-9-13-24(27)4/h6-18,22,28H,19-21H2,1-5H3,(H,31,35)/t28-/m1/s1. The minimum absolute atomic E-state index is 0.129. The smallest absolute Gasteiger partial charge is 0.244 e. The minimum atomic E-state index is -3.79. The van der Waals surface area contributed by atoms with E-state index in [9.17, 15) is 18.0 Å². The maximum Gasteiger partial charge on any atom is 0.244 e. The maximum absolute atomic E-state index is 14.0. The topological polar surface area (TPSA) is 86.8 Å². The minimum Gasteiger partial charge on any atom is -0.352 e. The zero-order valence-corrected chi connectivity index (χ0v) is 23.5. The lowest BCUT2D eigenvalue weighted by Crippen LogP contribution is -2.54. The number of carbonyl (C=O) groups is 2. The van der Waals surface area contributed by atoms with E-state index in [1.165, 1.54) is 4.90 Å². The molecule has 0 spiro atoms. The van der Waals surface area contributed by atoms with Crippen LogP contribution in [0.2, 0.25) is 0 Å². The molecule has 0 saturated carbocycles. The fourth-order valence-electron chi connectivity index (χ4n) is 4.38. The van der Waals surface area contributed by atoms with Crippen LogP contribution in [0.25, 0.3) is 0 Å². The van der Waals surface area contributed by atoms with Crippen LogP contribution in [0.1, 0.15) is 36.1 Å². The number of amides is 2. The number of nitrogens with zero attached hydrogens (tertiary/aromatic N) is 2. The van der Waals surface area contributed by atoms with Gasteiger partial charge >= 0.3 is 0 Å². The number of carbonyl (C=O) groups excluding carboxylic acids is 2. The second kappa shape index (κ2) is 12.7. The van der Waals surface area contributed by atoms with Crippen LogP contribution in [-0.4, -0.2) is 50.0 Å². The van der Waals surface area contributed by atoms with Crippen molar-refractivity contribution in [1.82, 2.24) is 10.2 Å². The monoisotopic (exact) mass is 535 g/mol. The van der Waals surface area contributed by atoms with E-state index in [2.05, 4.69) is 5.32 Å². The molecule has 3 rings (SSSR count). The van der Waals surface area contributed by atoms with Crippen LogP contribution in [0.5, 0.6) is 0 Å². The molecule has 7 nitrogen and oxygen atoms in total. The second-order valence-electron chi connectivity index (χ2n) is 9.94. The normalized spacial score (nSPS) is 12.2. The first kappa shape index (κ1) is 28.9. The highest BCUT2D eigenvalue weighted by molar-refractivity contribution is 7.92. The van der Waals surface area contributed by atoms with Gasteiger partial charge in [-0.25, -0.2) is 8.42 Å². The van der Waals surface area contributed by atoms with Crippen LogP contribution < -0.4 is 9.62 Å². The highest BCUT2D eigenvalue weighted by Crippen LogP contribution is 2.23. The van der Waals surface area contributed by atoms with Gasteiger partial charge in [0.05, 0.1) is 11.9 Å². The molecule has 0 saturated heterocycles. The van der Waals surface area contributed by atoms with Crippen molar-refractivity contribution < 1.29 is 18.0 Å². The predicted octanol–water partition coefficient (Wildman–Crippen LogP) is 4.23. The summed E-state index contributed by atoms with van der Waals surface area (Å²) in [6, 6.07) is 23.3. The lowest BCUT2D eigenvalue weighted by Gasteiger charge is -2.34. The zero-order valence-electron chi connectivity index (χ0n) is 22.7. The molecule has 0 unspecified atom stereocenters. The van der Waals surface area contributed by atoms with E-state index in [-0.39, 0.29) is 18.5 Å². The molecule has 0 aliphatic carbocycles. The van der Waals surface area contributed by atoms with E-state index < -0.39 is 28.5 Å². The van der Waals surface area contributed by atoms with Gasteiger partial charge in [0.1, 0.15) is 12.6 Å². The fraction of sp³-hybridized carbons (Fsp3) is 0.333. The summed E-state index contributed by atoms with van der Waals surface area (Å²) in [6.07, 6.45) is 1.38. The van der Waals surface area contributed by atoms with Gasteiger partial charge in [-0.2, -0.15) is 0 Å². The molecule has 2 amide bonds. The Hall–Kier alpha value is -3.65. The van der Waals surface area contributed by atoms with Crippen LogP contribution in [0.4, 0.5) is 5.69 Å². The number of rotatable bonds is 11. The van der Waals surface area contributed by atoms with E-state index in [0.29, 0.717) is 12.1 Å². The van der Waals surface area contributed by atoms with Gasteiger partial charge in [0.15, 0.2) is 0 Å². The molecule has 1 atom stereocenters. The summed E-state index contributed by atoms with van der Waals surface area (Å²) < 4.78 is 26.8. The van der Waals surface area contributed by atoms with Crippen LogP contribution >= 0.6 is 0 Å². The molecule has 3 aromatic rings. The number of anilines is 1. The largest absolute Gasteiger partial charge is 0.352 e. The number of hydrogen-bond acceptors (Lipinski definition) is 4. The predicted molar refractivity (Wildman–Crippen MR) is 152 cm³/mol. The molecular weight excluding hydrogens is 498 g/mol. The number of hydrogen-bond donors (Lipinski definition) is 1. The molecule has 0 aromatic heterocycles. The van der Waals surface area contributed by atoms with Crippen LogP contribution in [0, 0.1) is 13.8 Å². The lowest BCUT2D eigenvalue weighted by atomic mass is 10.0. The van der Waals surface area contributed by atoms with Crippen LogP contribution in [-0.2, 0) is 32.6 Å². The third kappa shape index (κ3) is 7.92. The van der Waals surface area contributed by atoms with E-state index in [4.69, 9.17) is 0 Å². The molecule has 0 radical (unpaired) electrons. The van der Waals surface area contributed by atoms with Crippen molar-refractivity contribution in [3.63, 3.8) is 0 Å². The molecule has 3 aromatic carbocycles. The Balaban J connectivity index is 2.07. The molecule has 8 heteroatoms. The Labute approximate surface area is 226 Å². The first-order chi connectivity index (χ1) is 18.0. The molecule has 202 valence electrons. The maximum atomic E-state index is 14.0. The van der Waals surface area contributed by atoms with E-state index in [0.717, 1.165) is 32.8 Å². The molecule has 0 bridgehead atoms. The molecule has 0 aliphatic rings. The van der Waals surface area contributed by atoms with E-state index in [1.54, 1.807) is 25.1 Å².